The summed E-state index contributed by atoms with van der Waals surface area (Å²) in [5, 5.41) is 19.1. The number of nitro groups is 1. The van der Waals surface area contributed by atoms with Crippen LogP contribution in [0.1, 0.15) is 17.6 Å². The second kappa shape index (κ2) is 5.13. The summed E-state index contributed by atoms with van der Waals surface area (Å²) in [5.41, 5.74) is -1.30. The molecular weight excluding hydrogens is 306 g/mol. The van der Waals surface area contributed by atoms with Crippen molar-refractivity contribution in [2.24, 2.45) is 0 Å². The van der Waals surface area contributed by atoms with Gasteiger partial charge >= 0.3 is 11.8 Å². The summed E-state index contributed by atoms with van der Waals surface area (Å²) in [5.74, 6) is -2.32. The first-order valence-corrected chi connectivity index (χ1v) is 4.95. The third kappa shape index (κ3) is 2.93. The van der Waals surface area contributed by atoms with E-state index in [1.54, 1.807) is 0 Å². The molecule has 1 aromatic heterocycles. The molecule has 0 radical (unpaired) electrons. The number of hydrogen-bond donors (Lipinski definition) is 1. The van der Waals surface area contributed by atoms with Crippen molar-refractivity contribution in [1.82, 2.24) is 4.98 Å². The van der Waals surface area contributed by atoms with Crippen molar-refractivity contribution < 1.29 is 23.6 Å². The highest BCUT2D eigenvalue weighted by atomic mass is 79.9. The van der Waals surface area contributed by atoms with E-state index in [-0.39, 0.29) is 4.47 Å². The predicted octanol–water partition coefficient (Wildman–Crippen LogP) is 2.32. The Bertz CT molecular complexity index is 481. The number of carbonyl (C=O) groups is 1. The molecule has 6 nitrogen and oxygen atoms in total. The van der Waals surface area contributed by atoms with Crippen molar-refractivity contribution in [3.63, 3.8) is 0 Å². The second-order valence-corrected chi connectivity index (χ2v) is 3.80. The number of aliphatic carboxylic acids is 1. The van der Waals surface area contributed by atoms with Crippen LogP contribution in [0.25, 0.3) is 0 Å². The number of pyridine rings is 1. The minimum atomic E-state index is -3.03. The Morgan fingerprint density at radius 1 is 1.65 bits per heavy atom. The van der Waals surface area contributed by atoms with Crippen LogP contribution < -0.4 is 0 Å². The fraction of sp³-hybridized carbons (Fsp3) is 0.250. The van der Waals surface area contributed by atoms with Gasteiger partial charge in [0.1, 0.15) is 0 Å². The highest BCUT2D eigenvalue weighted by molar-refractivity contribution is 9.10. The van der Waals surface area contributed by atoms with Gasteiger partial charge in [-0.15, -0.1) is 0 Å². The SMILES string of the molecule is O=C(O)Cc1c([N+](=O)[O-])ncc(Br)c1C(F)F. The Morgan fingerprint density at radius 2 is 2.24 bits per heavy atom. The van der Waals surface area contributed by atoms with E-state index < -0.39 is 40.7 Å². The summed E-state index contributed by atoms with van der Waals surface area (Å²) in [6.45, 7) is 0. The zero-order valence-electron chi connectivity index (χ0n) is 8.06. The van der Waals surface area contributed by atoms with Gasteiger partial charge in [0.05, 0.1) is 16.5 Å². The molecule has 0 saturated heterocycles. The molecule has 0 unspecified atom stereocenters. The van der Waals surface area contributed by atoms with Crippen LogP contribution >= 0.6 is 15.9 Å². The Balaban J connectivity index is 3.49. The zero-order valence-corrected chi connectivity index (χ0v) is 9.65. The molecule has 1 heterocycles. The second-order valence-electron chi connectivity index (χ2n) is 2.95. The predicted molar refractivity (Wildman–Crippen MR) is 54.9 cm³/mol. The van der Waals surface area contributed by atoms with Crippen molar-refractivity contribution in [1.29, 1.82) is 0 Å². The molecular formula is C8H5BrF2N2O4. The molecule has 0 amide bonds. The van der Waals surface area contributed by atoms with Gasteiger partial charge in [0, 0.05) is 5.56 Å². The van der Waals surface area contributed by atoms with Crippen LogP contribution in [0.3, 0.4) is 0 Å². The molecule has 1 rings (SSSR count). The maximum Gasteiger partial charge on any atom is 0.367 e. The van der Waals surface area contributed by atoms with E-state index in [2.05, 4.69) is 20.9 Å². The molecule has 0 bridgehead atoms. The molecule has 0 aliphatic rings. The van der Waals surface area contributed by atoms with Crippen molar-refractivity contribution in [2.45, 2.75) is 12.8 Å². The topological polar surface area (TPSA) is 93.3 Å². The first kappa shape index (κ1) is 13.4. The average Bonchev–Trinajstić information content (AvgIpc) is 2.15. The highest BCUT2D eigenvalue weighted by Crippen LogP contribution is 2.34. The quantitative estimate of drug-likeness (QED) is 0.680. The average molecular weight is 311 g/mol. The number of carboxylic acid groups (broad SMARTS) is 1. The van der Waals surface area contributed by atoms with Crippen LogP contribution in [0.5, 0.6) is 0 Å². The van der Waals surface area contributed by atoms with E-state index in [4.69, 9.17) is 5.11 Å². The Morgan fingerprint density at radius 3 is 2.65 bits per heavy atom. The first-order valence-electron chi connectivity index (χ1n) is 4.16. The van der Waals surface area contributed by atoms with Crippen molar-refractivity contribution >= 4 is 27.7 Å². The van der Waals surface area contributed by atoms with Gasteiger partial charge in [-0.1, -0.05) is 0 Å². The lowest BCUT2D eigenvalue weighted by atomic mass is 10.1. The Hall–Kier alpha value is -1.64. The molecule has 1 aromatic rings. The molecule has 0 fully saturated rings. The van der Waals surface area contributed by atoms with Crippen LogP contribution in [0.4, 0.5) is 14.6 Å². The number of halogens is 3. The first-order chi connectivity index (χ1) is 7.84. The van der Waals surface area contributed by atoms with Gasteiger partial charge < -0.3 is 15.2 Å². The van der Waals surface area contributed by atoms with E-state index in [0.717, 1.165) is 6.20 Å². The van der Waals surface area contributed by atoms with E-state index in [9.17, 15) is 23.7 Å². The van der Waals surface area contributed by atoms with Gasteiger partial charge in [0.15, 0.2) is 6.20 Å². The van der Waals surface area contributed by atoms with E-state index >= 15 is 0 Å². The molecule has 17 heavy (non-hydrogen) atoms. The fourth-order valence-electron chi connectivity index (χ4n) is 1.25. The molecule has 0 aliphatic heterocycles. The summed E-state index contributed by atoms with van der Waals surface area (Å²) < 4.78 is 25.3. The molecule has 9 heteroatoms. The summed E-state index contributed by atoms with van der Waals surface area (Å²) >= 11 is 2.76. The lowest BCUT2D eigenvalue weighted by Crippen LogP contribution is -2.09. The lowest BCUT2D eigenvalue weighted by molar-refractivity contribution is -0.390. The normalized spacial score (nSPS) is 10.6. The van der Waals surface area contributed by atoms with Crippen molar-refractivity contribution in [3.8, 4) is 0 Å². The number of alkyl halides is 2. The standard InChI is InChI=1S/C8H5BrF2N2O4/c9-4-2-12-8(13(16)17)3(1-5(14)15)6(4)7(10)11/h2,7H,1H2,(H,14,15). The number of rotatable bonds is 4. The van der Waals surface area contributed by atoms with Crippen LogP contribution in [-0.4, -0.2) is 21.0 Å². The maximum absolute atomic E-state index is 12.7. The van der Waals surface area contributed by atoms with Crippen molar-refractivity contribution in [3.05, 3.63) is 31.9 Å². The lowest BCUT2D eigenvalue weighted by Gasteiger charge is -2.08. The third-order valence-electron chi connectivity index (χ3n) is 1.87. The smallest absolute Gasteiger partial charge is 0.367 e. The van der Waals surface area contributed by atoms with Crippen molar-refractivity contribution in [2.75, 3.05) is 0 Å². The molecule has 0 saturated carbocycles. The van der Waals surface area contributed by atoms with Gasteiger partial charge in [0.25, 0.3) is 6.43 Å². The van der Waals surface area contributed by atoms with Crippen LogP contribution in [0.2, 0.25) is 0 Å². The molecule has 1 N–H and O–H groups in total. The monoisotopic (exact) mass is 310 g/mol. The molecule has 92 valence electrons. The highest BCUT2D eigenvalue weighted by Gasteiger charge is 2.28. The summed E-state index contributed by atoms with van der Waals surface area (Å²) in [6.07, 6.45) is -3.06. The maximum atomic E-state index is 12.7. The van der Waals surface area contributed by atoms with E-state index in [1.807, 2.05) is 0 Å². The minimum absolute atomic E-state index is 0.158. The van der Waals surface area contributed by atoms with E-state index in [1.165, 1.54) is 0 Å². The summed E-state index contributed by atoms with van der Waals surface area (Å²) in [7, 11) is 0. The van der Waals surface area contributed by atoms with Crippen LogP contribution in [-0.2, 0) is 11.2 Å². The third-order valence-corrected chi connectivity index (χ3v) is 2.50. The number of nitrogens with zero attached hydrogens (tertiary/aromatic N) is 2. The van der Waals surface area contributed by atoms with E-state index in [0.29, 0.717) is 0 Å². The number of carboxylic acids is 1. The van der Waals surface area contributed by atoms with Crippen LogP contribution in [0.15, 0.2) is 10.7 Å². The molecule has 0 aliphatic carbocycles. The largest absolute Gasteiger partial charge is 0.481 e. The van der Waals surface area contributed by atoms with Gasteiger partial charge in [0.2, 0.25) is 0 Å². The number of hydrogen-bond acceptors (Lipinski definition) is 4. The van der Waals surface area contributed by atoms with Gasteiger partial charge in [-0.3, -0.25) is 4.79 Å². The summed E-state index contributed by atoms with van der Waals surface area (Å²) in [6, 6.07) is 0. The van der Waals surface area contributed by atoms with Gasteiger partial charge in [-0.05, 0) is 25.8 Å². The number of aromatic nitrogens is 1. The minimum Gasteiger partial charge on any atom is -0.481 e. The Kier molecular flexibility index (Phi) is 4.05. The zero-order chi connectivity index (χ0) is 13.2. The summed E-state index contributed by atoms with van der Waals surface area (Å²) in [4.78, 5) is 23.4. The Labute approximate surface area is 102 Å². The molecule has 0 spiro atoms. The van der Waals surface area contributed by atoms with Crippen LogP contribution in [0, 0.1) is 10.1 Å². The fourth-order valence-corrected chi connectivity index (χ4v) is 1.76. The molecule has 0 atom stereocenters. The van der Waals surface area contributed by atoms with Gasteiger partial charge in [-0.2, -0.15) is 0 Å². The van der Waals surface area contributed by atoms with Gasteiger partial charge in [-0.25, -0.2) is 8.78 Å². The molecule has 0 aromatic carbocycles.